The molecule has 0 atom stereocenters. The maximum atomic E-state index is 12.8. The lowest BCUT2D eigenvalue weighted by Crippen LogP contribution is -2.38. The zero-order chi connectivity index (χ0) is 24.8. The van der Waals surface area contributed by atoms with Gasteiger partial charge in [0.1, 0.15) is 18.8 Å². The van der Waals surface area contributed by atoms with Crippen molar-refractivity contribution in [2.24, 2.45) is 0 Å². The van der Waals surface area contributed by atoms with Gasteiger partial charge in [0.2, 0.25) is 5.91 Å². The summed E-state index contributed by atoms with van der Waals surface area (Å²) in [6, 6.07) is 21.5. The van der Waals surface area contributed by atoms with E-state index in [4.69, 9.17) is 9.47 Å². The molecule has 8 heteroatoms. The Bertz CT molecular complexity index is 1270. The van der Waals surface area contributed by atoms with E-state index in [-0.39, 0.29) is 5.70 Å². The van der Waals surface area contributed by atoms with Crippen molar-refractivity contribution in [1.29, 1.82) is 0 Å². The van der Waals surface area contributed by atoms with Crippen molar-refractivity contribution in [3.63, 3.8) is 0 Å². The lowest BCUT2D eigenvalue weighted by molar-refractivity contribution is -0.127. The minimum Gasteiger partial charge on any atom is -0.493 e. The molecular formula is C27H25N3O5. The molecule has 1 aliphatic heterocycles. The summed E-state index contributed by atoms with van der Waals surface area (Å²) in [7, 11) is 1.53. The number of methoxy groups -OCH3 is 1. The number of benzene rings is 3. The van der Waals surface area contributed by atoms with Crippen molar-refractivity contribution < 1.29 is 23.9 Å². The number of hydrogen-bond acceptors (Lipinski definition) is 5. The van der Waals surface area contributed by atoms with Crippen LogP contribution in [0.15, 0.2) is 78.5 Å². The van der Waals surface area contributed by atoms with E-state index in [9.17, 15) is 14.4 Å². The molecule has 0 spiro atoms. The predicted molar refractivity (Wildman–Crippen MR) is 132 cm³/mol. The van der Waals surface area contributed by atoms with Crippen LogP contribution in [0.5, 0.6) is 11.5 Å². The van der Waals surface area contributed by atoms with Crippen LogP contribution in [0.1, 0.15) is 16.7 Å². The highest BCUT2D eigenvalue weighted by molar-refractivity contribution is 6.15. The number of carbonyl (C=O) groups is 3. The predicted octanol–water partition coefficient (Wildman–Crippen LogP) is 4.11. The van der Waals surface area contributed by atoms with E-state index >= 15 is 0 Å². The van der Waals surface area contributed by atoms with E-state index in [0.717, 1.165) is 16.0 Å². The lowest BCUT2D eigenvalue weighted by Gasteiger charge is -2.12. The second kappa shape index (κ2) is 10.6. The molecule has 2 N–H and O–H groups in total. The Morgan fingerprint density at radius 1 is 1.00 bits per heavy atom. The summed E-state index contributed by atoms with van der Waals surface area (Å²) in [5, 5.41) is 5.21. The van der Waals surface area contributed by atoms with E-state index in [2.05, 4.69) is 10.6 Å². The van der Waals surface area contributed by atoms with Crippen LogP contribution < -0.4 is 20.1 Å². The Kier molecular flexibility index (Phi) is 7.11. The number of anilines is 1. The van der Waals surface area contributed by atoms with Crippen molar-refractivity contribution >= 4 is 29.6 Å². The molecule has 0 aliphatic carbocycles. The number of rotatable bonds is 8. The van der Waals surface area contributed by atoms with Crippen LogP contribution in [-0.4, -0.2) is 36.4 Å². The first-order chi connectivity index (χ1) is 16.9. The number of aryl methyl sites for hydroxylation is 1. The third-order valence-corrected chi connectivity index (χ3v) is 5.34. The Balaban J connectivity index is 1.42. The van der Waals surface area contributed by atoms with Crippen molar-refractivity contribution in [2.45, 2.75) is 13.5 Å². The molecule has 0 aromatic heterocycles. The van der Waals surface area contributed by atoms with Crippen LogP contribution in [-0.2, 0) is 16.2 Å². The van der Waals surface area contributed by atoms with Gasteiger partial charge in [-0.05, 0) is 48.4 Å². The summed E-state index contributed by atoms with van der Waals surface area (Å²) in [6.07, 6.45) is 1.53. The van der Waals surface area contributed by atoms with E-state index in [0.29, 0.717) is 29.4 Å². The first-order valence-electron chi connectivity index (χ1n) is 11.0. The highest BCUT2D eigenvalue weighted by Gasteiger charge is 2.35. The quantitative estimate of drug-likeness (QED) is 0.381. The van der Waals surface area contributed by atoms with Gasteiger partial charge in [-0.25, -0.2) is 9.69 Å². The molecule has 178 valence electrons. The van der Waals surface area contributed by atoms with Crippen molar-refractivity contribution in [2.75, 3.05) is 19.0 Å². The van der Waals surface area contributed by atoms with Gasteiger partial charge in [0.25, 0.3) is 5.91 Å². The minimum absolute atomic E-state index is 0.0677. The van der Waals surface area contributed by atoms with Gasteiger partial charge in [0, 0.05) is 5.69 Å². The number of imide groups is 1. The fourth-order valence-corrected chi connectivity index (χ4v) is 3.49. The summed E-state index contributed by atoms with van der Waals surface area (Å²) in [4.78, 5) is 38.3. The molecule has 4 rings (SSSR count). The topological polar surface area (TPSA) is 97.0 Å². The van der Waals surface area contributed by atoms with Gasteiger partial charge in [-0.3, -0.25) is 9.59 Å². The molecule has 0 radical (unpaired) electrons. The summed E-state index contributed by atoms with van der Waals surface area (Å²) in [5.74, 6) is -0.0197. The number of nitrogens with zero attached hydrogens (tertiary/aromatic N) is 1. The Labute approximate surface area is 203 Å². The van der Waals surface area contributed by atoms with Crippen molar-refractivity contribution in [3.8, 4) is 11.5 Å². The third kappa shape index (κ3) is 5.86. The highest BCUT2D eigenvalue weighted by Crippen LogP contribution is 2.30. The van der Waals surface area contributed by atoms with E-state index in [1.165, 1.54) is 13.2 Å². The smallest absolute Gasteiger partial charge is 0.329 e. The van der Waals surface area contributed by atoms with Crippen LogP contribution >= 0.6 is 0 Å². The average molecular weight is 472 g/mol. The van der Waals surface area contributed by atoms with E-state index in [1.807, 2.05) is 49.4 Å². The molecule has 35 heavy (non-hydrogen) atoms. The Morgan fingerprint density at radius 3 is 2.46 bits per heavy atom. The van der Waals surface area contributed by atoms with Gasteiger partial charge in [-0.1, -0.05) is 54.1 Å². The third-order valence-electron chi connectivity index (χ3n) is 5.34. The number of nitrogens with one attached hydrogen (secondary N) is 2. The molecule has 3 aromatic rings. The molecule has 1 aliphatic rings. The van der Waals surface area contributed by atoms with Crippen LogP contribution in [0, 0.1) is 6.92 Å². The minimum atomic E-state index is -0.657. The monoisotopic (exact) mass is 471 g/mol. The largest absolute Gasteiger partial charge is 0.493 e. The molecule has 1 saturated heterocycles. The molecule has 0 bridgehead atoms. The van der Waals surface area contributed by atoms with Crippen LogP contribution in [0.25, 0.3) is 6.08 Å². The maximum Gasteiger partial charge on any atom is 0.329 e. The molecule has 1 heterocycles. The normalized spacial score (nSPS) is 14.1. The van der Waals surface area contributed by atoms with Crippen molar-refractivity contribution in [1.82, 2.24) is 10.2 Å². The zero-order valence-electron chi connectivity index (χ0n) is 19.4. The zero-order valence-corrected chi connectivity index (χ0v) is 19.4. The summed E-state index contributed by atoms with van der Waals surface area (Å²) in [5.41, 5.74) is 3.36. The summed E-state index contributed by atoms with van der Waals surface area (Å²) >= 11 is 0. The Hall–Kier alpha value is -4.59. The fourth-order valence-electron chi connectivity index (χ4n) is 3.49. The molecular weight excluding hydrogens is 446 g/mol. The highest BCUT2D eigenvalue weighted by atomic mass is 16.5. The average Bonchev–Trinajstić information content (AvgIpc) is 3.12. The molecule has 4 amide bonds. The first kappa shape index (κ1) is 23.6. The summed E-state index contributed by atoms with van der Waals surface area (Å²) in [6.45, 7) is 1.92. The number of hydrogen-bond donors (Lipinski definition) is 2. The van der Waals surface area contributed by atoms with Gasteiger partial charge in [-0.2, -0.15) is 0 Å². The molecule has 1 fully saturated rings. The van der Waals surface area contributed by atoms with Crippen molar-refractivity contribution in [3.05, 3.63) is 95.2 Å². The molecule has 8 nitrogen and oxygen atoms in total. The second-order valence-electron chi connectivity index (χ2n) is 7.98. The molecule has 0 saturated carbocycles. The standard InChI is InChI=1S/C27H25N3O5/c1-18-8-11-21(12-9-18)28-25(31)16-30-26(32)22(29-27(30)33)14-20-10-13-23(24(15-20)34-2)35-17-19-6-4-3-5-7-19/h3-15H,16-17H2,1-2H3,(H,28,31)(H,29,33)/b22-14+. The van der Waals surface area contributed by atoms with Gasteiger partial charge < -0.3 is 20.1 Å². The SMILES string of the molecule is COc1cc(/C=C2/NC(=O)N(CC(=O)Nc3ccc(C)cc3)C2=O)ccc1OCc1ccccc1. The van der Waals surface area contributed by atoms with E-state index < -0.39 is 24.4 Å². The maximum absolute atomic E-state index is 12.8. The van der Waals surface area contributed by atoms with Gasteiger partial charge >= 0.3 is 6.03 Å². The van der Waals surface area contributed by atoms with Gasteiger partial charge in [0.05, 0.1) is 7.11 Å². The first-order valence-corrected chi connectivity index (χ1v) is 11.0. The number of urea groups is 1. The second-order valence-corrected chi connectivity index (χ2v) is 7.98. The van der Waals surface area contributed by atoms with Crippen LogP contribution in [0.4, 0.5) is 10.5 Å². The van der Waals surface area contributed by atoms with Crippen LogP contribution in [0.2, 0.25) is 0 Å². The summed E-state index contributed by atoms with van der Waals surface area (Å²) < 4.78 is 11.3. The number of carbonyl (C=O) groups excluding carboxylic acids is 3. The lowest BCUT2D eigenvalue weighted by atomic mass is 10.1. The molecule has 3 aromatic carbocycles. The Morgan fingerprint density at radius 2 is 1.74 bits per heavy atom. The number of ether oxygens (including phenoxy) is 2. The van der Waals surface area contributed by atoms with E-state index in [1.54, 1.807) is 30.3 Å². The van der Waals surface area contributed by atoms with Gasteiger partial charge in [-0.15, -0.1) is 0 Å². The fraction of sp³-hybridized carbons (Fsp3) is 0.148. The van der Waals surface area contributed by atoms with Gasteiger partial charge in [0.15, 0.2) is 11.5 Å². The van der Waals surface area contributed by atoms with Crippen LogP contribution in [0.3, 0.4) is 0 Å². The number of amides is 4. The molecule has 0 unspecified atom stereocenters.